The molecule has 0 saturated carbocycles. The van der Waals surface area contributed by atoms with Gasteiger partial charge >= 0.3 is 5.97 Å². The molecule has 2 aromatic rings. The first-order chi connectivity index (χ1) is 11.3. The highest BCUT2D eigenvalue weighted by atomic mass is 19.2. The molecule has 0 radical (unpaired) electrons. The van der Waals surface area contributed by atoms with Crippen LogP contribution in [-0.2, 0) is 11.8 Å². The van der Waals surface area contributed by atoms with Crippen LogP contribution in [0.3, 0.4) is 0 Å². The van der Waals surface area contributed by atoms with Crippen molar-refractivity contribution in [2.24, 2.45) is 7.05 Å². The number of benzene rings is 1. The number of esters is 1. The van der Waals surface area contributed by atoms with Crippen molar-refractivity contribution in [3.8, 4) is 0 Å². The first kappa shape index (κ1) is 17.5. The lowest BCUT2D eigenvalue weighted by Gasteiger charge is -2.09. The van der Waals surface area contributed by atoms with Gasteiger partial charge in [-0.3, -0.25) is 9.48 Å². The molecule has 1 amide bonds. The van der Waals surface area contributed by atoms with Gasteiger partial charge in [0.05, 0.1) is 17.9 Å². The molecule has 24 heavy (non-hydrogen) atoms. The molecule has 2 rings (SSSR count). The number of halogens is 3. The lowest BCUT2D eigenvalue weighted by Crippen LogP contribution is -2.19. The number of aromatic nitrogens is 2. The largest absolute Gasteiger partial charge is 0.462 e. The Morgan fingerprint density at radius 1 is 1.25 bits per heavy atom. The van der Waals surface area contributed by atoms with E-state index in [0.29, 0.717) is 6.07 Å². The minimum atomic E-state index is -1.76. The summed E-state index contributed by atoms with van der Waals surface area (Å²) in [6, 6.07) is 1.43. The Morgan fingerprint density at radius 2 is 1.92 bits per heavy atom. The quantitative estimate of drug-likeness (QED) is 0.685. The summed E-state index contributed by atoms with van der Waals surface area (Å²) < 4.78 is 46.0. The highest BCUT2D eigenvalue weighted by Gasteiger charge is 2.25. The number of anilines is 1. The van der Waals surface area contributed by atoms with Crippen molar-refractivity contribution in [1.29, 1.82) is 0 Å². The van der Waals surface area contributed by atoms with Crippen molar-refractivity contribution in [3.63, 3.8) is 0 Å². The number of carbonyl (C=O) groups excluding carboxylic acids is 2. The van der Waals surface area contributed by atoms with Gasteiger partial charge < -0.3 is 10.1 Å². The van der Waals surface area contributed by atoms with E-state index in [0.717, 1.165) is 6.07 Å². The van der Waals surface area contributed by atoms with Crippen molar-refractivity contribution in [3.05, 3.63) is 46.4 Å². The number of hydrogen-bond donors (Lipinski definition) is 1. The Morgan fingerprint density at radius 3 is 2.54 bits per heavy atom. The van der Waals surface area contributed by atoms with E-state index >= 15 is 0 Å². The minimum Gasteiger partial charge on any atom is -0.462 e. The summed E-state index contributed by atoms with van der Waals surface area (Å²) in [7, 11) is 1.45. The van der Waals surface area contributed by atoms with Crippen LogP contribution in [-0.4, -0.2) is 28.3 Å². The second kappa shape index (κ2) is 6.73. The normalized spacial score (nSPS) is 10.6. The predicted octanol–water partition coefficient (Wildman–Crippen LogP) is 2.57. The molecule has 0 saturated heterocycles. The first-order valence-electron chi connectivity index (χ1n) is 6.93. The van der Waals surface area contributed by atoms with Gasteiger partial charge in [0.25, 0.3) is 5.91 Å². The summed E-state index contributed by atoms with van der Waals surface area (Å²) in [6.07, 6.45) is 0. The van der Waals surface area contributed by atoms with Crippen LogP contribution < -0.4 is 5.32 Å². The van der Waals surface area contributed by atoms with Gasteiger partial charge in [-0.15, -0.1) is 0 Å². The average molecular weight is 341 g/mol. The van der Waals surface area contributed by atoms with Crippen LogP contribution in [0.1, 0.15) is 33.3 Å². The molecule has 1 aromatic heterocycles. The average Bonchev–Trinajstić information content (AvgIpc) is 2.79. The smallest absolute Gasteiger partial charge is 0.343 e. The molecule has 0 unspecified atom stereocenters. The standard InChI is InChI=1S/C15H14F3N3O3/c1-4-24-15(23)10-7(2)20-21(3)13(10)19-14(22)8-5-6-9(16)12(18)11(8)17/h5-6H,4H2,1-3H3,(H,19,22). The highest BCUT2D eigenvalue weighted by Crippen LogP contribution is 2.22. The molecule has 1 N–H and O–H groups in total. The van der Waals surface area contributed by atoms with Crippen molar-refractivity contribution in [1.82, 2.24) is 9.78 Å². The van der Waals surface area contributed by atoms with Crippen molar-refractivity contribution in [2.75, 3.05) is 11.9 Å². The van der Waals surface area contributed by atoms with E-state index in [9.17, 15) is 22.8 Å². The zero-order chi connectivity index (χ0) is 18.0. The number of hydrogen-bond acceptors (Lipinski definition) is 4. The number of carbonyl (C=O) groups is 2. The van der Waals surface area contributed by atoms with Gasteiger partial charge in [-0.25, -0.2) is 18.0 Å². The molecule has 0 aliphatic carbocycles. The molecule has 9 heteroatoms. The SMILES string of the molecule is CCOC(=O)c1c(C)nn(C)c1NC(=O)c1ccc(F)c(F)c1F. The van der Waals surface area contributed by atoms with E-state index in [4.69, 9.17) is 4.74 Å². The zero-order valence-electron chi connectivity index (χ0n) is 13.1. The third-order valence-electron chi connectivity index (χ3n) is 3.21. The Kier molecular flexibility index (Phi) is 4.91. The Balaban J connectivity index is 2.40. The van der Waals surface area contributed by atoms with Crippen LogP contribution in [0.15, 0.2) is 12.1 Å². The van der Waals surface area contributed by atoms with Crippen molar-refractivity contribution in [2.45, 2.75) is 13.8 Å². The third-order valence-corrected chi connectivity index (χ3v) is 3.21. The maximum absolute atomic E-state index is 13.7. The van der Waals surface area contributed by atoms with Gasteiger partial charge in [-0.05, 0) is 26.0 Å². The second-order valence-electron chi connectivity index (χ2n) is 4.83. The molecule has 0 spiro atoms. The number of ether oxygens (including phenoxy) is 1. The number of rotatable bonds is 4. The molecular formula is C15H14F3N3O3. The number of aryl methyl sites for hydroxylation is 2. The third kappa shape index (κ3) is 3.10. The Bertz CT molecular complexity index is 818. The maximum atomic E-state index is 13.7. The van der Waals surface area contributed by atoms with E-state index in [-0.39, 0.29) is 23.7 Å². The van der Waals surface area contributed by atoms with Crippen LogP contribution in [0.25, 0.3) is 0 Å². The zero-order valence-corrected chi connectivity index (χ0v) is 13.1. The molecule has 1 aromatic carbocycles. The van der Waals surface area contributed by atoms with Crippen LogP contribution >= 0.6 is 0 Å². The van der Waals surface area contributed by atoms with E-state index in [1.807, 2.05) is 0 Å². The summed E-state index contributed by atoms with van der Waals surface area (Å²) in [6.45, 7) is 3.25. The van der Waals surface area contributed by atoms with Crippen LogP contribution in [0.2, 0.25) is 0 Å². The van der Waals surface area contributed by atoms with Crippen LogP contribution in [0.4, 0.5) is 19.0 Å². The monoisotopic (exact) mass is 341 g/mol. The molecule has 0 aliphatic rings. The fraction of sp³-hybridized carbons (Fsp3) is 0.267. The summed E-state index contributed by atoms with van der Waals surface area (Å²) in [5.74, 6) is -6.60. The summed E-state index contributed by atoms with van der Waals surface area (Å²) in [4.78, 5) is 24.1. The van der Waals surface area contributed by atoms with Gasteiger partial charge in [0.1, 0.15) is 11.4 Å². The van der Waals surface area contributed by atoms with Gasteiger partial charge in [0.15, 0.2) is 17.5 Å². The lowest BCUT2D eigenvalue weighted by atomic mass is 10.1. The minimum absolute atomic E-state index is 0.00399. The Labute approximate surface area is 135 Å². The van der Waals surface area contributed by atoms with E-state index in [2.05, 4.69) is 10.4 Å². The van der Waals surface area contributed by atoms with Gasteiger partial charge in [-0.2, -0.15) is 5.10 Å². The maximum Gasteiger partial charge on any atom is 0.343 e. The fourth-order valence-corrected chi connectivity index (χ4v) is 2.13. The number of nitrogens with one attached hydrogen (secondary N) is 1. The molecule has 0 bridgehead atoms. The first-order valence-corrected chi connectivity index (χ1v) is 6.93. The fourth-order valence-electron chi connectivity index (χ4n) is 2.13. The summed E-state index contributed by atoms with van der Waals surface area (Å²) in [5, 5.41) is 6.26. The molecule has 6 nitrogen and oxygen atoms in total. The molecule has 128 valence electrons. The van der Waals surface area contributed by atoms with Crippen molar-refractivity contribution < 1.29 is 27.5 Å². The highest BCUT2D eigenvalue weighted by molar-refractivity contribution is 6.07. The second-order valence-corrected chi connectivity index (χ2v) is 4.83. The molecule has 0 atom stereocenters. The van der Waals surface area contributed by atoms with E-state index < -0.39 is 34.9 Å². The number of amides is 1. The van der Waals surface area contributed by atoms with Crippen LogP contribution in [0.5, 0.6) is 0 Å². The molecule has 1 heterocycles. The van der Waals surface area contributed by atoms with E-state index in [1.165, 1.54) is 18.7 Å². The van der Waals surface area contributed by atoms with Gasteiger partial charge in [-0.1, -0.05) is 0 Å². The van der Waals surface area contributed by atoms with E-state index in [1.54, 1.807) is 6.92 Å². The number of nitrogens with zero attached hydrogens (tertiary/aromatic N) is 2. The lowest BCUT2D eigenvalue weighted by molar-refractivity contribution is 0.0526. The molecular weight excluding hydrogens is 327 g/mol. The molecule has 0 fully saturated rings. The Hall–Kier alpha value is -2.84. The van der Waals surface area contributed by atoms with Crippen LogP contribution in [0, 0.1) is 24.4 Å². The van der Waals surface area contributed by atoms with Crippen molar-refractivity contribution >= 4 is 17.7 Å². The van der Waals surface area contributed by atoms with Gasteiger partial charge in [0, 0.05) is 7.05 Å². The summed E-state index contributed by atoms with van der Waals surface area (Å²) in [5.41, 5.74) is -0.421. The van der Waals surface area contributed by atoms with Gasteiger partial charge in [0.2, 0.25) is 0 Å². The topological polar surface area (TPSA) is 73.2 Å². The summed E-state index contributed by atoms with van der Waals surface area (Å²) >= 11 is 0. The predicted molar refractivity (Wildman–Crippen MR) is 78.2 cm³/mol. The molecule has 0 aliphatic heterocycles.